The number of halogens is 2. The fourth-order valence-corrected chi connectivity index (χ4v) is 5.48. The number of hydrogen-bond acceptors (Lipinski definition) is 8. The molecule has 0 unspecified atom stereocenters. The highest BCUT2D eigenvalue weighted by molar-refractivity contribution is 7.93. The van der Waals surface area contributed by atoms with Crippen LogP contribution in [0.4, 0.5) is 15.2 Å². The summed E-state index contributed by atoms with van der Waals surface area (Å²) in [6.07, 6.45) is 4.56. The molecule has 172 valence electrons. The maximum atomic E-state index is 14.5. The molecule has 31 heavy (non-hydrogen) atoms. The number of methoxy groups -OCH3 is 1. The Labute approximate surface area is 191 Å². The van der Waals surface area contributed by atoms with Crippen molar-refractivity contribution in [2.75, 3.05) is 43.3 Å². The highest BCUT2D eigenvalue weighted by atomic mass is 35.5. The van der Waals surface area contributed by atoms with Crippen LogP contribution in [0.5, 0.6) is 0 Å². The minimum absolute atomic E-state index is 0.138. The number of sulfonamides is 1. The molecule has 2 aromatic rings. The molecule has 12 heteroatoms. The minimum atomic E-state index is -4.11. The van der Waals surface area contributed by atoms with Gasteiger partial charge in [0.25, 0.3) is 10.0 Å². The number of unbranched alkanes of at least 4 members (excludes halogenated alkanes) is 1. The molecule has 0 saturated carbocycles. The molecule has 2 heterocycles. The second-order valence-corrected chi connectivity index (χ2v) is 10.2. The largest absolute Gasteiger partial charge is 0.384 e. The molecule has 0 bridgehead atoms. The van der Waals surface area contributed by atoms with E-state index in [2.05, 4.69) is 25.7 Å². The number of nitrogens with zero attached hydrogens (tertiary/aromatic N) is 1. The quantitative estimate of drug-likeness (QED) is 0.338. The van der Waals surface area contributed by atoms with E-state index >= 15 is 0 Å². The van der Waals surface area contributed by atoms with Gasteiger partial charge in [-0.05, 0) is 37.9 Å². The molecule has 0 amide bonds. The Hall–Kier alpha value is -1.50. The molecule has 3 rings (SSSR count). The Morgan fingerprint density at radius 3 is 2.87 bits per heavy atom. The molecule has 1 aliphatic heterocycles. The fourth-order valence-electron chi connectivity index (χ4n) is 3.31. The van der Waals surface area contributed by atoms with E-state index in [1.54, 1.807) is 12.5 Å². The SMILES string of the molecule is CO[C@H]1CN[C@H](CNCCCCNc2cc(F)c(S(=O)(=O)Nc3nccs3)cc2Cl)C1. The van der Waals surface area contributed by atoms with Crippen molar-refractivity contribution in [3.8, 4) is 0 Å². The van der Waals surface area contributed by atoms with Crippen molar-refractivity contribution in [1.82, 2.24) is 15.6 Å². The van der Waals surface area contributed by atoms with Gasteiger partial charge < -0.3 is 20.7 Å². The molecule has 1 saturated heterocycles. The first kappa shape index (κ1) is 24.1. The van der Waals surface area contributed by atoms with E-state index in [0.29, 0.717) is 24.4 Å². The number of benzene rings is 1. The Balaban J connectivity index is 1.41. The molecule has 1 aliphatic rings. The first-order valence-electron chi connectivity index (χ1n) is 10.0. The Bertz CT molecular complexity index is 946. The first-order valence-corrected chi connectivity index (χ1v) is 12.7. The van der Waals surface area contributed by atoms with Crippen LogP contribution in [0, 0.1) is 5.82 Å². The van der Waals surface area contributed by atoms with Crippen molar-refractivity contribution in [2.24, 2.45) is 0 Å². The third-order valence-electron chi connectivity index (χ3n) is 4.97. The number of anilines is 2. The summed E-state index contributed by atoms with van der Waals surface area (Å²) in [5, 5.41) is 11.8. The zero-order valence-electron chi connectivity index (χ0n) is 17.2. The van der Waals surface area contributed by atoms with E-state index < -0.39 is 20.7 Å². The molecule has 1 aromatic heterocycles. The van der Waals surface area contributed by atoms with E-state index in [4.69, 9.17) is 16.3 Å². The number of hydrogen-bond donors (Lipinski definition) is 4. The van der Waals surface area contributed by atoms with E-state index in [-0.39, 0.29) is 10.2 Å². The molecule has 0 spiro atoms. The van der Waals surface area contributed by atoms with Crippen molar-refractivity contribution in [1.29, 1.82) is 0 Å². The lowest BCUT2D eigenvalue weighted by Crippen LogP contribution is -2.34. The third-order valence-corrected chi connectivity index (χ3v) is 7.45. The summed E-state index contributed by atoms with van der Waals surface area (Å²) in [4.78, 5) is 3.33. The van der Waals surface area contributed by atoms with Gasteiger partial charge in [-0.1, -0.05) is 11.6 Å². The van der Waals surface area contributed by atoms with Crippen molar-refractivity contribution >= 4 is 43.8 Å². The lowest BCUT2D eigenvalue weighted by Gasteiger charge is -2.13. The average molecular weight is 492 g/mol. The Morgan fingerprint density at radius 1 is 1.35 bits per heavy atom. The molecular formula is C19H27ClFN5O3S2. The van der Waals surface area contributed by atoms with Crippen LogP contribution in [0.15, 0.2) is 28.6 Å². The average Bonchev–Trinajstić information content (AvgIpc) is 3.40. The fraction of sp³-hybridized carbons (Fsp3) is 0.526. The van der Waals surface area contributed by atoms with Crippen LogP contribution in [0.25, 0.3) is 0 Å². The van der Waals surface area contributed by atoms with Crippen LogP contribution in [0.3, 0.4) is 0 Å². The van der Waals surface area contributed by atoms with Crippen molar-refractivity contribution < 1.29 is 17.5 Å². The second-order valence-electron chi connectivity index (χ2n) is 7.24. The second kappa shape index (κ2) is 11.4. The van der Waals surface area contributed by atoms with Crippen molar-refractivity contribution in [3.05, 3.63) is 34.5 Å². The van der Waals surface area contributed by atoms with Crippen LogP contribution in [0.1, 0.15) is 19.3 Å². The summed E-state index contributed by atoms with van der Waals surface area (Å²) >= 11 is 7.29. The maximum absolute atomic E-state index is 14.5. The van der Waals surface area contributed by atoms with Crippen LogP contribution in [0.2, 0.25) is 5.02 Å². The highest BCUT2D eigenvalue weighted by Crippen LogP contribution is 2.29. The number of thiazole rings is 1. The number of rotatable bonds is 12. The Morgan fingerprint density at radius 2 is 2.16 bits per heavy atom. The van der Waals surface area contributed by atoms with Gasteiger partial charge in [-0.3, -0.25) is 4.72 Å². The first-order chi connectivity index (χ1) is 14.9. The minimum Gasteiger partial charge on any atom is -0.384 e. The smallest absolute Gasteiger partial charge is 0.266 e. The predicted octanol–water partition coefficient (Wildman–Crippen LogP) is 2.90. The topological polar surface area (TPSA) is 104 Å². The highest BCUT2D eigenvalue weighted by Gasteiger charge is 2.23. The lowest BCUT2D eigenvalue weighted by atomic mass is 10.2. The summed E-state index contributed by atoms with van der Waals surface area (Å²) in [6, 6.07) is 2.65. The van der Waals surface area contributed by atoms with Gasteiger partial charge in [0.2, 0.25) is 0 Å². The van der Waals surface area contributed by atoms with Gasteiger partial charge in [0.05, 0.1) is 16.8 Å². The van der Waals surface area contributed by atoms with E-state index in [9.17, 15) is 12.8 Å². The standard InChI is InChI=1S/C19H27ClFN5O3S2/c1-29-14-8-13(25-12-14)11-22-4-2-3-5-23-17-10-16(21)18(9-15(17)20)31(27,28)26-19-24-6-7-30-19/h6-7,9-10,13-14,22-23,25H,2-5,8,11-12H2,1H3,(H,24,26)/t13-,14+/m0/s1. The molecule has 0 radical (unpaired) electrons. The molecule has 4 N–H and O–H groups in total. The van der Waals surface area contributed by atoms with E-state index in [1.165, 1.54) is 6.20 Å². The van der Waals surface area contributed by atoms with Gasteiger partial charge >= 0.3 is 0 Å². The Kier molecular flexibility index (Phi) is 8.87. The number of ether oxygens (including phenoxy) is 1. The van der Waals surface area contributed by atoms with Crippen molar-refractivity contribution in [2.45, 2.75) is 36.3 Å². The molecular weight excluding hydrogens is 465 g/mol. The molecule has 2 atom stereocenters. The summed E-state index contributed by atoms with van der Waals surface area (Å²) < 4.78 is 46.8. The van der Waals surface area contributed by atoms with Gasteiger partial charge in [0.1, 0.15) is 10.7 Å². The lowest BCUT2D eigenvalue weighted by molar-refractivity contribution is 0.117. The van der Waals surface area contributed by atoms with Crippen LogP contribution in [-0.2, 0) is 14.8 Å². The van der Waals surface area contributed by atoms with Crippen molar-refractivity contribution in [3.63, 3.8) is 0 Å². The summed E-state index contributed by atoms with van der Waals surface area (Å²) in [7, 11) is -2.38. The molecule has 1 aromatic carbocycles. The number of aromatic nitrogens is 1. The summed E-state index contributed by atoms with van der Waals surface area (Å²) in [5.74, 6) is -0.879. The monoisotopic (exact) mass is 491 g/mol. The van der Waals surface area contributed by atoms with E-state index in [1.807, 2.05) is 0 Å². The summed E-state index contributed by atoms with van der Waals surface area (Å²) in [5.41, 5.74) is 0.362. The zero-order valence-corrected chi connectivity index (χ0v) is 19.5. The van der Waals surface area contributed by atoms with Gasteiger partial charge in [-0.15, -0.1) is 11.3 Å². The van der Waals surface area contributed by atoms with Gasteiger partial charge in [-0.2, -0.15) is 0 Å². The third kappa shape index (κ3) is 6.99. The molecule has 1 fully saturated rings. The van der Waals surface area contributed by atoms with Crippen LogP contribution in [-0.4, -0.2) is 58.8 Å². The molecule has 8 nitrogen and oxygen atoms in total. The van der Waals surface area contributed by atoms with Gasteiger partial charge in [0.15, 0.2) is 5.13 Å². The summed E-state index contributed by atoms with van der Waals surface area (Å²) in [6.45, 7) is 3.26. The maximum Gasteiger partial charge on any atom is 0.266 e. The zero-order chi connectivity index (χ0) is 22.3. The van der Waals surface area contributed by atoms with Gasteiger partial charge in [-0.25, -0.2) is 17.8 Å². The van der Waals surface area contributed by atoms with Gasteiger partial charge in [0, 0.05) is 44.4 Å². The number of nitrogens with one attached hydrogen (secondary N) is 4. The van der Waals surface area contributed by atoms with Crippen LogP contribution < -0.4 is 20.7 Å². The predicted molar refractivity (Wildman–Crippen MR) is 122 cm³/mol. The molecule has 0 aliphatic carbocycles. The normalized spacial score (nSPS) is 18.9. The van der Waals surface area contributed by atoms with Crippen LogP contribution >= 0.6 is 22.9 Å². The van der Waals surface area contributed by atoms with E-state index in [0.717, 1.165) is 62.4 Å².